The number of amides is 1. The number of hydrogen-bond donors (Lipinski definition) is 1. The average molecular weight is 212 g/mol. The first kappa shape index (κ1) is 10.8. The van der Waals surface area contributed by atoms with E-state index in [0.717, 1.165) is 0 Å². The summed E-state index contributed by atoms with van der Waals surface area (Å²) in [4.78, 5) is 26.8. The number of rotatable bonds is 4. The van der Waals surface area contributed by atoms with Crippen LogP contribution in [0.4, 0.5) is 0 Å². The number of nitrogens with zero attached hydrogens (tertiary/aromatic N) is 1. The molecular weight excluding hydrogens is 200 g/mol. The zero-order valence-electron chi connectivity index (χ0n) is 8.11. The van der Waals surface area contributed by atoms with Gasteiger partial charge in [0.1, 0.15) is 4.88 Å². The van der Waals surface area contributed by atoms with Gasteiger partial charge in [-0.3, -0.25) is 14.6 Å². The van der Waals surface area contributed by atoms with E-state index in [1.165, 1.54) is 17.5 Å². The van der Waals surface area contributed by atoms with Gasteiger partial charge in [0.15, 0.2) is 5.78 Å². The maximum absolute atomic E-state index is 11.3. The second-order valence-electron chi connectivity index (χ2n) is 3.17. The fraction of sp³-hybridized carbons (Fsp3) is 0.444. The van der Waals surface area contributed by atoms with Crippen LogP contribution in [0.25, 0.3) is 0 Å². The van der Waals surface area contributed by atoms with Crippen molar-refractivity contribution in [2.24, 2.45) is 5.92 Å². The molecule has 0 aromatic carbocycles. The molecule has 0 radical (unpaired) electrons. The first-order valence-corrected chi connectivity index (χ1v) is 5.18. The molecule has 0 bridgehead atoms. The van der Waals surface area contributed by atoms with Gasteiger partial charge in [-0.2, -0.15) is 0 Å². The summed E-state index contributed by atoms with van der Waals surface area (Å²) in [5, 5.41) is 2.55. The van der Waals surface area contributed by atoms with Gasteiger partial charge in [-0.15, -0.1) is 11.3 Å². The number of ketones is 1. The summed E-state index contributed by atoms with van der Waals surface area (Å²) in [6.07, 6.45) is 1.49. The molecule has 1 aromatic heterocycles. The lowest BCUT2D eigenvalue weighted by Crippen LogP contribution is -2.31. The highest BCUT2D eigenvalue weighted by atomic mass is 32.1. The Morgan fingerprint density at radius 3 is 2.79 bits per heavy atom. The molecule has 0 atom stereocenters. The van der Waals surface area contributed by atoms with Gasteiger partial charge in [0.25, 0.3) is 5.91 Å². The highest BCUT2D eigenvalue weighted by molar-refractivity contribution is 7.11. The summed E-state index contributed by atoms with van der Waals surface area (Å²) in [6, 6.07) is 0. The van der Waals surface area contributed by atoms with Crippen molar-refractivity contribution in [1.29, 1.82) is 0 Å². The molecule has 5 heteroatoms. The lowest BCUT2D eigenvalue weighted by Gasteiger charge is -2.04. The van der Waals surface area contributed by atoms with Crippen molar-refractivity contribution in [2.75, 3.05) is 6.54 Å². The van der Waals surface area contributed by atoms with Gasteiger partial charge < -0.3 is 5.32 Å². The van der Waals surface area contributed by atoms with Crippen molar-refractivity contribution in [3.8, 4) is 0 Å². The van der Waals surface area contributed by atoms with E-state index in [2.05, 4.69) is 10.3 Å². The minimum atomic E-state index is -0.235. The van der Waals surface area contributed by atoms with Crippen molar-refractivity contribution < 1.29 is 9.59 Å². The molecule has 1 N–H and O–H groups in total. The lowest BCUT2D eigenvalue weighted by molar-refractivity contribution is -0.120. The Bertz CT molecular complexity index is 320. The van der Waals surface area contributed by atoms with E-state index in [1.807, 2.05) is 0 Å². The SMILES string of the molecule is CC(C)C(=O)CNC(=O)c1cncs1. The molecule has 1 amide bonds. The van der Waals surface area contributed by atoms with E-state index in [0.29, 0.717) is 4.88 Å². The molecule has 76 valence electrons. The van der Waals surface area contributed by atoms with E-state index in [1.54, 1.807) is 19.4 Å². The largest absolute Gasteiger partial charge is 0.344 e. The quantitative estimate of drug-likeness (QED) is 0.813. The summed E-state index contributed by atoms with van der Waals surface area (Å²) >= 11 is 1.26. The van der Waals surface area contributed by atoms with Gasteiger partial charge in [-0.25, -0.2) is 0 Å². The molecule has 0 unspecified atom stereocenters. The second-order valence-corrected chi connectivity index (χ2v) is 4.06. The molecule has 0 aliphatic carbocycles. The van der Waals surface area contributed by atoms with Crippen LogP contribution in [0.3, 0.4) is 0 Å². The second kappa shape index (κ2) is 4.85. The molecule has 14 heavy (non-hydrogen) atoms. The standard InChI is InChI=1S/C9H12N2O2S/c1-6(2)7(12)3-11-9(13)8-4-10-5-14-8/h4-6H,3H2,1-2H3,(H,11,13). The maximum atomic E-state index is 11.3. The normalized spacial score (nSPS) is 10.2. The first-order chi connectivity index (χ1) is 6.61. The van der Waals surface area contributed by atoms with Crippen LogP contribution in [0.5, 0.6) is 0 Å². The lowest BCUT2D eigenvalue weighted by atomic mass is 10.1. The molecule has 0 aliphatic rings. The monoisotopic (exact) mass is 212 g/mol. The van der Waals surface area contributed by atoms with Gasteiger partial charge in [-0.05, 0) is 0 Å². The first-order valence-electron chi connectivity index (χ1n) is 4.30. The number of hydrogen-bond acceptors (Lipinski definition) is 4. The predicted octanol–water partition coefficient (Wildman–Crippen LogP) is 1.10. The van der Waals surface area contributed by atoms with Gasteiger partial charge in [0.2, 0.25) is 0 Å². The minimum Gasteiger partial charge on any atom is -0.344 e. The molecule has 0 saturated heterocycles. The number of aromatic nitrogens is 1. The van der Waals surface area contributed by atoms with Crippen LogP contribution < -0.4 is 5.32 Å². The van der Waals surface area contributed by atoms with Gasteiger partial charge >= 0.3 is 0 Å². The number of Topliss-reactive ketones (excluding diaryl/α,β-unsaturated/α-hetero) is 1. The van der Waals surface area contributed by atoms with Crippen LogP contribution in [0.15, 0.2) is 11.7 Å². The Labute approximate surface area is 86.4 Å². The zero-order chi connectivity index (χ0) is 10.6. The smallest absolute Gasteiger partial charge is 0.263 e. The Kier molecular flexibility index (Phi) is 3.76. The summed E-state index contributed by atoms with van der Waals surface area (Å²) in [7, 11) is 0. The molecule has 1 heterocycles. The molecule has 0 aliphatic heterocycles. The van der Waals surface area contributed by atoms with Crippen LogP contribution in [0.2, 0.25) is 0 Å². The maximum Gasteiger partial charge on any atom is 0.263 e. The van der Waals surface area contributed by atoms with Gasteiger partial charge in [0, 0.05) is 5.92 Å². The number of thiazole rings is 1. The van der Waals surface area contributed by atoms with E-state index < -0.39 is 0 Å². The van der Waals surface area contributed by atoms with Gasteiger partial charge in [0.05, 0.1) is 18.3 Å². The molecule has 0 saturated carbocycles. The Hall–Kier alpha value is -1.23. The third-order valence-electron chi connectivity index (χ3n) is 1.72. The van der Waals surface area contributed by atoms with Gasteiger partial charge in [-0.1, -0.05) is 13.8 Å². The van der Waals surface area contributed by atoms with Crippen LogP contribution >= 0.6 is 11.3 Å². The van der Waals surface area contributed by atoms with Crippen molar-refractivity contribution in [2.45, 2.75) is 13.8 Å². The van der Waals surface area contributed by atoms with Crippen molar-refractivity contribution in [3.63, 3.8) is 0 Å². The fourth-order valence-electron chi connectivity index (χ4n) is 0.787. The van der Waals surface area contributed by atoms with Crippen LogP contribution in [-0.4, -0.2) is 23.2 Å². The van der Waals surface area contributed by atoms with Crippen LogP contribution in [0, 0.1) is 5.92 Å². The topological polar surface area (TPSA) is 59.1 Å². The Morgan fingerprint density at radius 1 is 1.57 bits per heavy atom. The number of nitrogens with one attached hydrogen (secondary N) is 1. The van der Waals surface area contributed by atoms with E-state index in [9.17, 15) is 9.59 Å². The van der Waals surface area contributed by atoms with E-state index in [-0.39, 0.29) is 24.2 Å². The van der Waals surface area contributed by atoms with E-state index in [4.69, 9.17) is 0 Å². The van der Waals surface area contributed by atoms with Crippen LogP contribution in [0.1, 0.15) is 23.5 Å². The molecule has 1 aromatic rings. The third-order valence-corrected chi connectivity index (χ3v) is 2.50. The van der Waals surface area contributed by atoms with Crippen molar-refractivity contribution >= 4 is 23.0 Å². The average Bonchev–Trinajstić information content (AvgIpc) is 2.66. The molecule has 4 nitrogen and oxygen atoms in total. The van der Waals surface area contributed by atoms with Crippen molar-refractivity contribution in [3.05, 3.63) is 16.6 Å². The Morgan fingerprint density at radius 2 is 2.29 bits per heavy atom. The summed E-state index contributed by atoms with van der Waals surface area (Å²) in [5.41, 5.74) is 1.58. The molecule has 0 fully saturated rings. The number of carbonyl (C=O) groups excluding carboxylic acids is 2. The molecule has 0 spiro atoms. The summed E-state index contributed by atoms with van der Waals surface area (Å²) < 4.78 is 0. The molecular formula is C9H12N2O2S. The zero-order valence-corrected chi connectivity index (χ0v) is 8.93. The summed E-state index contributed by atoms with van der Waals surface area (Å²) in [5.74, 6) is -0.249. The summed E-state index contributed by atoms with van der Waals surface area (Å²) in [6.45, 7) is 3.71. The van der Waals surface area contributed by atoms with Crippen molar-refractivity contribution in [1.82, 2.24) is 10.3 Å². The number of carbonyl (C=O) groups is 2. The Balaban J connectivity index is 2.40. The fourth-order valence-corrected chi connectivity index (χ4v) is 1.32. The third kappa shape index (κ3) is 2.92. The predicted molar refractivity (Wildman–Crippen MR) is 54.3 cm³/mol. The highest BCUT2D eigenvalue weighted by Gasteiger charge is 2.11. The molecule has 1 rings (SSSR count). The van der Waals surface area contributed by atoms with Crippen LogP contribution in [-0.2, 0) is 4.79 Å². The minimum absolute atomic E-state index is 0.0304. The highest BCUT2D eigenvalue weighted by Crippen LogP contribution is 2.04. The van der Waals surface area contributed by atoms with E-state index >= 15 is 0 Å².